The molecule has 1 aromatic carbocycles. The van der Waals surface area contributed by atoms with Crippen molar-refractivity contribution in [3.8, 4) is 11.4 Å². The van der Waals surface area contributed by atoms with Gasteiger partial charge in [0.1, 0.15) is 0 Å². The molecule has 0 unspecified atom stereocenters. The number of rotatable bonds is 1. The Morgan fingerprint density at radius 2 is 2.18 bits per heavy atom. The minimum atomic E-state index is 0.552. The molecule has 0 bridgehead atoms. The molecule has 0 aliphatic carbocycles. The zero-order valence-electron chi connectivity index (χ0n) is 9.33. The van der Waals surface area contributed by atoms with Crippen LogP contribution < -0.4 is 5.73 Å². The van der Waals surface area contributed by atoms with Gasteiger partial charge in [-0.1, -0.05) is 23.8 Å². The molecule has 0 aliphatic heterocycles. The van der Waals surface area contributed by atoms with Gasteiger partial charge in [0.2, 0.25) is 0 Å². The highest BCUT2D eigenvalue weighted by Gasteiger charge is 2.07. The first kappa shape index (κ1) is 9.77. The second kappa shape index (κ2) is 3.55. The van der Waals surface area contributed by atoms with Crippen molar-refractivity contribution in [1.29, 1.82) is 0 Å². The summed E-state index contributed by atoms with van der Waals surface area (Å²) < 4.78 is 1.59. The van der Waals surface area contributed by atoms with Crippen LogP contribution >= 0.6 is 0 Å². The van der Waals surface area contributed by atoms with Gasteiger partial charge in [-0.3, -0.25) is 0 Å². The van der Waals surface area contributed by atoms with Crippen LogP contribution in [-0.2, 0) is 0 Å². The molecule has 3 aromatic rings. The lowest BCUT2D eigenvalue weighted by Crippen LogP contribution is -1.94. The maximum atomic E-state index is 5.64. The molecule has 2 heterocycles. The van der Waals surface area contributed by atoms with E-state index in [0.29, 0.717) is 17.3 Å². The van der Waals surface area contributed by atoms with Crippen molar-refractivity contribution in [2.45, 2.75) is 6.92 Å². The minimum Gasteiger partial charge on any atom is -0.396 e. The number of nitrogens with zero attached hydrogens (tertiary/aromatic N) is 4. The Morgan fingerprint density at radius 3 is 3.00 bits per heavy atom. The molecule has 3 rings (SSSR count). The molecule has 17 heavy (non-hydrogen) atoms. The molecule has 5 nitrogen and oxygen atoms in total. The molecule has 0 fully saturated rings. The number of nitrogen functional groups attached to an aromatic ring is 1. The predicted molar refractivity (Wildman–Crippen MR) is 65.4 cm³/mol. The highest BCUT2D eigenvalue weighted by Crippen LogP contribution is 2.17. The monoisotopic (exact) mass is 225 g/mol. The number of benzene rings is 1. The molecule has 0 atom stereocenters. The van der Waals surface area contributed by atoms with Crippen LogP contribution in [0.15, 0.2) is 36.7 Å². The zero-order chi connectivity index (χ0) is 11.8. The fourth-order valence-corrected chi connectivity index (χ4v) is 1.70. The van der Waals surface area contributed by atoms with Gasteiger partial charge >= 0.3 is 0 Å². The van der Waals surface area contributed by atoms with Crippen LogP contribution in [0.25, 0.3) is 17.2 Å². The first-order valence-corrected chi connectivity index (χ1v) is 5.27. The van der Waals surface area contributed by atoms with E-state index in [1.807, 2.05) is 31.2 Å². The van der Waals surface area contributed by atoms with Crippen molar-refractivity contribution in [2.75, 3.05) is 5.73 Å². The van der Waals surface area contributed by atoms with Crippen molar-refractivity contribution < 1.29 is 0 Å². The molecule has 5 heteroatoms. The second-order valence-corrected chi connectivity index (χ2v) is 3.94. The van der Waals surface area contributed by atoms with Crippen molar-refractivity contribution in [3.63, 3.8) is 0 Å². The van der Waals surface area contributed by atoms with Gasteiger partial charge in [0.05, 0.1) is 18.1 Å². The van der Waals surface area contributed by atoms with Gasteiger partial charge in [-0.2, -0.15) is 4.98 Å². The minimum absolute atomic E-state index is 0.552. The van der Waals surface area contributed by atoms with Crippen molar-refractivity contribution in [1.82, 2.24) is 19.6 Å². The van der Waals surface area contributed by atoms with E-state index in [1.54, 1.807) is 16.9 Å². The lowest BCUT2D eigenvalue weighted by atomic mass is 10.1. The summed E-state index contributed by atoms with van der Waals surface area (Å²) in [6.07, 6.45) is 3.28. The van der Waals surface area contributed by atoms with E-state index < -0.39 is 0 Å². The number of aromatic nitrogens is 4. The van der Waals surface area contributed by atoms with Gasteiger partial charge in [-0.15, -0.1) is 5.10 Å². The Labute approximate surface area is 97.9 Å². The summed E-state index contributed by atoms with van der Waals surface area (Å²) >= 11 is 0. The van der Waals surface area contributed by atoms with E-state index in [0.717, 1.165) is 5.56 Å². The Kier molecular flexibility index (Phi) is 2.04. The summed E-state index contributed by atoms with van der Waals surface area (Å²) in [7, 11) is 0. The summed E-state index contributed by atoms with van der Waals surface area (Å²) in [6, 6.07) is 8.04. The maximum Gasteiger partial charge on any atom is 0.252 e. The molecule has 2 aromatic heterocycles. The van der Waals surface area contributed by atoms with Crippen LogP contribution in [-0.4, -0.2) is 19.6 Å². The normalized spacial score (nSPS) is 10.9. The van der Waals surface area contributed by atoms with Crippen molar-refractivity contribution >= 4 is 11.5 Å². The van der Waals surface area contributed by atoms with E-state index in [2.05, 4.69) is 15.1 Å². The summed E-state index contributed by atoms with van der Waals surface area (Å²) in [5.74, 6) is 1.21. The molecule has 84 valence electrons. The van der Waals surface area contributed by atoms with Crippen LogP contribution in [0, 0.1) is 6.92 Å². The van der Waals surface area contributed by atoms with Crippen LogP contribution in [0.4, 0.5) is 5.69 Å². The maximum absolute atomic E-state index is 5.64. The van der Waals surface area contributed by atoms with E-state index >= 15 is 0 Å². The molecule has 0 spiro atoms. The third-order valence-corrected chi connectivity index (χ3v) is 2.49. The second-order valence-electron chi connectivity index (χ2n) is 3.94. The lowest BCUT2D eigenvalue weighted by molar-refractivity contribution is 0.945. The predicted octanol–water partition coefficient (Wildman–Crippen LogP) is 1.68. The van der Waals surface area contributed by atoms with E-state index in [-0.39, 0.29) is 0 Å². The van der Waals surface area contributed by atoms with Gasteiger partial charge in [-0.25, -0.2) is 9.50 Å². The van der Waals surface area contributed by atoms with Gasteiger partial charge in [0, 0.05) is 5.56 Å². The molecule has 0 saturated carbocycles. The van der Waals surface area contributed by atoms with Crippen molar-refractivity contribution in [2.24, 2.45) is 0 Å². The third-order valence-electron chi connectivity index (χ3n) is 2.49. The van der Waals surface area contributed by atoms with Crippen LogP contribution in [0.5, 0.6) is 0 Å². The van der Waals surface area contributed by atoms with Crippen LogP contribution in [0.2, 0.25) is 0 Å². The molecule has 0 radical (unpaired) electrons. The number of hydrogen-bond donors (Lipinski definition) is 1. The van der Waals surface area contributed by atoms with Crippen LogP contribution in [0.3, 0.4) is 0 Å². The number of aryl methyl sites for hydroxylation is 1. The van der Waals surface area contributed by atoms with Crippen molar-refractivity contribution in [3.05, 3.63) is 42.2 Å². The fraction of sp³-hybridized carbons (Fsp3) is 0.0833. The number of anilines is 1. The molecule has 0 amide bonds. The Balaban J connectivity index is 2.18. The Hall–Kier alpha value is -2.43. The highest BCUT2D eigenvalue weighted by atomic mass is 15.3. The average molecular weight is 225 g/mol. The lowest BCUT2D eigenvalue weighted by Gasteiger charge is -1.95. The SMILES string of the molecule is Cc1cccc(-c2nc3ncc(N)cn3n2)c1. The first-order valence-electron chi connectivity index (χ1n) is 5.27. The van der Waals surface area contributed by atoms with Gasteiger partial charge < -0.3 is 5.73 Å². The van der Waals surface area contributed by atoms with E-state index in [4.69, 9.17) is 5.73 Å². The molecular formula is C12H11N5. The number of nitrogens with two attached hydrogens (primary N) is 1. The number of fused-ring (bicyclic) bond motifs is 1. The summed E-state index contributed by atoms with van der Waals surface area (Å²) in [5, 5.41) is 4.35. The largest absolute Gasteiger partial charge is 0.396 e. The fourth-order valence-electron chi connectivity index (χ4n) is 1.70. The molecular weight excluding hydrogens is 214 g/mol. The quantitative estimate of drug-likeness (QED) is 0.684. The first-order chi connectivity index (χ1) is 8.22. The highest BCUT2D eigenvalue weighted by molar-refractivity contribution is 5.58. The topological polar surface area (TPSA) is 69.1 Å². The third kappa shape index (κ3) is 1.71. The summed E-state index contributed by atoms with van der Waals surface area (Å²) in [4.78, 5) is 8.46. The van der Waals surface area contributed by atoms with E-state index in [1.165, 1.54) is 5.56 Å². The van der Waals surface area contributed by atoms with Gasteiger partial charge in [0.25, 0.3) is 5.78 Å². The number of hydrogen-bond acceptors (Lipinski definition) is 4. The molecule has 0 aliphatic rings. The van der Waals surface area contributed by atoms with Gasteiger partial charge in [-0.05, 0) is 13.0 Å². The standard InChI is InChI=1S/C12H11N5/c1-8-3-2-4-9(5-8)11-15-12-14-6-10(13)7-17(12)16-11/h2-7H,13H2,1H3. The smallest absolute Gasteiger partial charge is 0.252 e. The Morgan fingerprint density at radius 1 is 1.29 bits per heavy atom. The Bertz CT molecular complexity index is 686. The van der Waals surface area contributed by atoms with Gasteiger partial charge in [0.15, 0.2) is 5.82 Å². The molecule has 2 N–H and O–H groups in total. The molecule has 0 saturated heterocycles. The average Bonchev–Trinajstić information content (AvgIpc) is 2.72. The van der Waals surface area contributed by atoms with E-state index in [9.17, 15) is 0 Å². The van der Waals surface area contributed by atoms with Crippen LogP contribution in [0.1, 0.15) is 5.56 Å². The zero-order valence-corrected chi connectivity index (χ0v) is 9.33. The summed E-state index contributed by atoms with van der Waals surface area (Å²) in [6.45, 7) is 2.04. The summed E-state index contributed by atoms with van der Waals surface area (Å²) in [5.41, 5.74) is 8.37.